The van der Waals surface area contributed by atoms with Crippen LogP contribution in [0.1, 0.15) is 28.7 Å². The fourth-order valence-corrected chi connectivity index (χ4v) is 3.81. The summed E-state index contributed by atoms with van der Waals surface area (Å²) < 4.78 is 1.93. The third kappa shape index (κ3) is 4.13. The molecule has 0 atom stereocenters. The van der Waals surface area contributed by atoms with Crippen molar-refractivity contribution in [3.05, 3.63) is 77.1 Å². The smallest absolute Gasteiger partial charge is 0.267 e. The number of amides is 1. The van der Waals surface area contributed by atoms with Crippen molar-refractivity contribution >= 4 is 17.5 Å². The average Bonchev–Trinajstić information content (AvgIpc) is 3.03. The molecule has 4 rings (SSSR count). The predicted molar refractivity (Wildman–Crippen MR) is 108 cm³/mol. The minimum absolute atomic E-state index is 0.520. The Balaban J connectivity index is 1.43. The number of benzene rings is 1. The molecule has 3 aromatic rings. The molecule has 0 spiro atoms. The summed E-state index contributed by atoms with van der Waals surface area (Å²) in [5, 5.41) is 13.0. The van der Waals surface area contributed by atoms with Gasteiger partial charge in [-0.15, -0.1) is 0 Å². The molecule has 1 aliphatic heterocycles. The van der Waals surface area contributed by atoms with E-state index in [1.807, 2.05) is 29.0 Å². The first-order valence-electron chi connectivity index (χ1n) is 9.60. The van der Waals surface area contributed by atoms with Crippen LogP contribution in [-0.2, 0) is 24.2 Å². The molecule has 0 unspecified atom stereocenters. The molecule has 0 saturated carbocycles. The van der Waals surface area contributed by atoms with Crippen molar-refractivity contribution in [2.45, 2.75) is 25.8 Å². The molecule has 1 aromatic carbocycles. The van der Waals surface area contributed by atoms with E-state index in [0.29, 0.717) is 0 Å². The Morgan fingerprint density at radius 1 is 1.25 bits per heavy atom. The Bertz CT molecular complexity index is 1010. The number of pyridine rings is 1. The standard InChI is InChI=1S/C22H24N4O2/c27-22(24-28)9-7-17-6-8-20-16-25(11-3-4-18(20)14-17)13-10-19-15-23-26-12-2-1-5-21(19)26/h1-2,5-9,12,14-15,28H,3-4,10-11,13,16H2,(H,24,27)/b9-7+. The van der Waals surface area contributed by atoms with Gasteiger partial charge in [0.2, 0.25) is 0 Å². The number of rotatable bonds is 5. The Labute approximate surface area is 164 Å². The van der Waals surface area contributed by atoms with Gasteiger partial charge in [0.1, 0.15) is 0 Å². The molecule has 144 valence electrons. The third-order valence-electron chi connectivity index (χ3n) is 5.29. The van der Waals surface area contributed by atoms with E-state index in [0.717, 1.165) is 44.5 Å². The summed E-state index contributed by atoms with van der Waals surface area (Å²) in [6, 6.07) is 12.5. The van der Waals surface area contributed by atoms with Gasteiger partial charge in [-0.2, -0.15) is 5.10 Å². The van der Waals surface area contributed by atoms with Crippen LogP contribution in [0.5, 0.6) is 0 Å². The molecule has 0 bridgehead atoms. The molecular formula is C22H24N4O2. The molecule has 0 fully saturated rings. The van der Waals surface area contributed by atoms with Crippen LogP contribution >= 0.6 is 0 Å². The lowest BCUT2D eigenvalue weighted by Gasteiger charge is -2.20. The summed E-state index contributed by atoms with van der Waals surface area (Å²) >= 11 is 0. The van der Waals surface area contributed by atoms with E-state index in [9.17, 15) is 4.79 Å². The molecule has 1 amide bonds. The van der Waals surface area contributed by atoms with Gasteiger partial charge < -0.3 is 0 Å². The van der Waals surface area contributed by atoms with Gasteiger partial charge in [0, 0.05) is 25.4 Å². The Hall–Kier alpha value is -2.96. The van der Waals surface area contributed by atoms with Gasteiger partial charge in [0.05, 0.1) is 11.7 Å². The third-order valence-corrected chi connectivity index (χ3v) is 5.29. The van der Waals surface area contributed by atoms with Gasteiger partial charge in [-0.3, -0.25) is 14.9 Å². The quantitative estimate of drug-likeness (QED) is 0.408. The summed E-state index contributed by atoms with van der Waals surface area (Å²) in [7, 11) is 0. The average molecular weight is 376 g/mol. The number of fused-ring (bicyclic) bond motifs is 2. The number of nitrogens with one attached hydrogen (secondary N) is 1. The molecule has 6 nitrogen and oxygen atoms in total. The summed E-state index contributed by atoms with van der Waals surface area (Å²) in [5.41, 5.74) is 7.74. The molecule has 28 heavy (non-hydrogen) atoms. The first-order valence-corrected chi connectivity index (χ1v) is 9.60. The predicted octanol–water partition coefficient (Wildman–Crippen LogP) is 2.84. The van der Waals surface area contributed by atoms with Crippen molar-refractivity contribution in [1.82, 2.24) is 20.0 Å². The number of nitrogens with zero attached hydrogens (tertiary/aromatic N) is 3. The Morgan fingerprint density at radius 2 is 2.18 bits per heavy atom. The highest BCUT2D eigenvalue weighted by Gasteiger charge is 2.15. The lowest BCUT2D eigenvalue weighted by Crippen LogP contribution is -2.25. The van der Waals surface area contributed by atoms with E-state index < -0.39 is 5.91 Å². The lowest BCUT2D eigenvalue weighted by molar-refractivity contribution is -0.124. The van der Waals surface area contributed by atoms with Crippen LogP contribution in [0.15, 0.2) is 54.9 Å². The highest BCUT2D eigenvalue weighted by atomic mass is 16.5. The van der Waals surface area contributed by atoms with Crippen molar-refractivity contribution in [3.63, 3.8) is 0 Å². The van der Waals surface area contributed by atoms with Crippen LogP contribution in [0, 0.1) is 0 Å². The van der Waals surface area contributed by atoms with Crippen LogP contribution in [0.25, 0.3) is 11.6 Å². The normalized spacial score (nSPS) is 14.9. The van der Waals surface area contributed by atoms with Crippen molar-refractivity contribution in [3.8, 4) is 0 Å². The zero-order valence-electron chi connectivity index (χ0n) is 15.7. The molecular weight excluding hydrogens is 352 g/mol. The van der Waals surface area contributed by atoms with Gasteiger partial charge in [0.25, 0.3) is 5.91 Å². The highest BCUT2D eigenvalue weighted by Crippen LogP contribution is 2.21. The molecule has 0 saturated heterocycles. The Morgan fingerprint density at radius 3 is 3.07 bits per heavy atom. The fourth-order valence-electron chi connectivity index (χ4n) is 3.81. The Kier molecular flexibility index (Phi) is 5.50. The van der Waals surface area contributed by atoms with E-state index in [2.05, 4.69) is 34.3 Å². The second-order valence-electron chi connectivity index (χ2n) is 7.17. The first-order chi connectivity index (χ1) is 13.7. The molecule has 0 aliphatic carbocycles. The van der Waals surface area contributed by atoms with E-state index in [1.54, 1.807) is 11.6 Å². The largest absolute Gasteiger partial charge is 0.299 e. The monoisotopic (exact) mass is 376 g/mol. The van der Waals surface area contributed by atoms with Crippen molar-refractivity contribution < 1.29 is 10.0 Å². The highest BCUT2D eigenvalue weighted by molar-refractivity contribution is 5.90. The summed E-state index contributed by atoms with van der Waals surface area (Å²) in [6.07, 6.45) is 10.2. The second-order valence-corrected chi connectivity index (χ2v) is 7.17. The molecule has 3 heterocycles. The van der Waals surface area contributed by atoms with Gasteiger partial charge in [-0.05, 0) is 66.3 Å². The summed E-state index contributed by atoms with van der Waals surface area (Å²) in [6.45, 7) is 3.02. The van der Waals surface area contributed by atoms with Crippen molar-refractivity contribution in [2.24, 2.45) is 0 Å². The number of aromatic nitrogens is 2. The molecule has 6 heteroatoms. The number of hydrogen-bond donors (Lipinski definition) is 2. The number of carbonyl (C=O) groups is 1. The van der Waals surface area contributed by atoms with Crippen molar-refractivity contribution in [1.29, 1.82) is 0 Å². The maximum absolute atomic E-state index is 11.2. The van der Waals surface area contributed by atoms with Gasteiger partial charge in [-0.25, -0.2) is 10.00 Å². The summed E-state index contributed by atoms with van der Waals surface area (Å²) in [5.74, 6) is -0.520. The van der Waals surface area contributed by atoms with E-state index >= 15 is 0 Å². The number of hydrogen-bond acceptors (Lipinski definition) is 4. The molecule has 2 N–H and O–H groups in total. The van der Waals surface area contributed by atoms with Crippen molar-refractivity contribution in [2.75, 3.05) is 13.1 Å². The maximum atomic E-state index is 11.2. The zero-order valence-corrected chi connectivity index (χ0v) is 15.7. The number of hydroxylamine groups is 1. The van der Waals surface area contributed by atoms with Gasteiger partial charge >= 0.3 is 0 Å². The van der Waals surface area contributed by atoms with E-state index in [1.165, 1.54) is 28.3 Å². The second kappa shape index (κ2) is 8.37. The van der Waals surface area contributed by atoms with Crippen LogP contribution < -0.4 is 5.48 Å². The molecule has 0 radical (unpaired) electrons. The lowest BCUT2D eigenvalue weighted by atomic mass is 10.0. The van der Waals surface area contributed by atoms with Crippen LogP contribution in [0.3, 0.4) is 0 Å². The molecule has 2 aromatic heterocycles. The molecule has 1 aliphatic rings. The van der Waals surface area contributed by atoms with Crippen LogP contribution in [0.2, 0.25) is 0 Å². The summed E-state index contributed by atoms with van der Waals surface area (Å²) in [4.78, 5) is 13.7. The van der Waals surface area contributed by atoms with Gasteiger partial charge in [0.15, 0.2) is 0 Å². The zero-order chi connectivity index (χ0) is 19.3. The minimum Gasteiger partial charge on any atom is -0.299 e. The SMILES string of the molecule is O=C(/C=C/c1ccc2c(c1)CCCN(CCc1cnn3ccccc13)C2)NO. The topological polar surface area (TPSA) is 69.9 Å². The van der Waals surface area contributed by atoms with Crippen LogP contribution in [-0.4, -0.2) is 38.7 Å². The van der Waals surface area contributed by atoms with Crippen LogP contribution in [0.4, 0.5) is 0 Å². The number of aryl methyl sites for hydroxylation is 1. The fraction of sp³-hybridized carbons (Fsp3) is 0.273. The van der Waals surface area contributed by atoms with E-state index in [4.69, 9.17) is 5.21 Å². The minimum atomic E-state index is -0.520. The first kappa shape index (κ1) is 18.4. The van der Waals surface area contributed by atoms with Gasteiger partial charge in [-0.1, -0.05) is 24.3 Å². The number of carbonyl (C=O) groups excluding carboxylic acids is 1. The van der Waals surface area contributed by atoms with E-state index in [-0.39, 0.29) is 0 Å². The maximum Gasteiger partial charge on any atom is 0.267 e.